The van der Waals surface area contributed by atoms with Gasteiger partial charge in [-0.2, -0.15) is 13.2 Å². The summed E-state index contributed by atoms with van der Waals surface area (Å²) in [5, 5.41) is 8.89. The first-order chi connectivity index (χ1) is 16.5. The molecule has 11 heteroatoms. The molecule has 0 aromatic heterocycles. The van der Waals surface area contributed by atoms with Gasteiger partial charge in [0.1, 0.15) is 11.5 Å². The molecule has 0 heterocycles. The number of ether oxygens (including phenoxy) is 2. The standard InChI is InChI=1S/C24H26F3NO6S/c25-24(26,27)15-11-17(34-16-5-1-2-6-16)13-18(12-15)35(31,32)28-21-9-3-8-20-19(21)7-4-10-22(20)33-14-23(29)30/h4,7,10-13,16,21,28H,1-3,5-6,8-9,14H2,(H,29,30)/t21-/m1/s1. The fourth-order valence-corrected chi connectivity index (χ4v) is 5.93. The van der Waals surface area contributed by atoms with Crippen LogP contribution in [0.4, 0.5) is 13.2 Å². The molecule has 4 rings (SSSR count). The number of rotatable bonds is 8. The number of carboxylic acid groups (broad SMARTS) is 1. The van der Waals surface area contributed by atoms with Gasteiger partial charge in [0, 0.05) is 12.1 Å². The summed E-state index contributed by atoms with van der Waals surface area (Å²) in [5.41, 5.74) is 0.195. The molecule has 0 radical (unpaired) electrons. The third-order valence-corrected chi connectivity index (χ3v) is 7.69. The van der Waals surface area contributed by atoms with Crippen LogP contribution in [0.2, 0.25) is 0 Å². The van der Waals surface area contributed by atoms with Gasteiger partial charge in [-0.3, -0.25) is 0 Å². The van der Waals surface area contributed by atoms with E-state index in [1.165, 1.54) is 0 Å². The maximum Gasteiger partial charge on any atom is 0.416 e. The molecule has 2 aliphatic rings. The fourth-order valence-electron chi connectivity index (χ4n) is 4.62. The summed E-state index contributed by atoms with van der Waals surface area (Å²) in [5.74, 6) is -0.920. The van der Waals surface area contributed by atoms with Crippen LogP contribution in [-0.4, -0.2) is 32.2 Å². The number of carbonyl (C=O) groups is 1. The first kappa shape index (κ1) is 25.3. The van der Waals surface area contributed by atoms with Crippen LogP contribution < -0.4 is 14.2 Å². The first-order valence-corrected chi connectivity index (χ1v) is 12.9. The van der Waals surface area contributed by atoms with Gasteiger partial charge in [-0.15, -0.1) is 0 Å². The zero-order valence-electron chi connectivity index (χ0n) is 18.8. The maximum absolute atomic E-state index is 13.6. The number of alkyl halides is 3. The molecule has 0 amide bonds. The van der Waals surface area contributed by atoms with Crippen molar-refractivity contribution >= 4 is 16.0 Å². The van der Waals surface area contributed by atoms with Crippen LogP contribution >= 0.6 is 0 Å². The largest absolute Gasteiger partial charge is 0.490 e. The molecular formula is C24H26F3NO6S. The molecule has 0 spiro atoms. The van der Waals surface area contributed by atoms with Crippen LogP contribution in [0.15, 0.2) is 41.3 Å². The number of carboxylic acids is 1. The van der Waals surface area contributed by atoms with Crippen LogP contribution in [0.5, 0.6) is 11.5 Å². The molecule has 2 aliphatic carbocycles. The van der Waals surface area contributed by atoms with E-state index in [0.29, 0.717) is 55.0 Å². The van der Waals surface area contributed by atoms with E-state index in [1.54, 1.807) is 18.2 Å². The Morgan fingerprint density at radius 3 is 2.51 bits per heavy atom. The summed E-state index contributed by atoms with van der Waals surface area (Å²) < 4.78 is 80.7. The summed E-state index contributed by atoms with van der Waals surface area (Å²) in [6.45, 7) is -0.541. The van der Waals surface area contributed by atoms with Crippen LogP contribution in [-0.2, 0) is 27.4 Å². The molecule has 1 fully saturated rings. The van der Waals surface area contributed by atoms with Crippen LogP contribution in [0.3, 0.4) is 0 Å². The quantitative estimate of drug-likeness (QED) is 0.524. The van der Waals surface area contributed by atoms with E-state index in [9.17, 15) is 26.4 Å². The Labute approximate surface area is 201 Å². The Balaban J connectivity index is 1.63. The zero-order chi connectivity index (χ0) is 25.2. The lowest BCUT2D eigenvalue weighted by Crippen LogP contribution is -2.31. The highest BCUT2D eigenvalue weighted by atomic mass is 32.2. The lowest BCUT2D eigenvalue weighted by molar-refractivity contribution is -0.139. The lowest BCUT2D eigenvalue weighted by atomic mass is 9.87. The van der Waals surface area contributed by atoms with Gasteiger partial charge in [0.15, 0.2) is 6.61 Å². The van der Waals surface area contributed by atoms with Crippen molar-refractivity contribution in [2.24, 2.45) is 0 Å². The minimum Gasteiger partial charge on any atom is -0.490 e. The molecule has 2 N–H and O–H groups in total. The molecule has 0 aliphatic heterocycles. The Morgan fingerprint density at radius 2 is 1.83 bits per heavy atom. The summed E-state index contributed by atoms with van der Waals surface area (Å²) in [4.78, 5) is 10.4. The van der Waals surface area contributed by atoms with Crippen LogP contribution in [0, 0.1) is 0 Å². The highest BCUT2D eigenvalue weighted by Gasteiger charge is 2.34. The zero-order valence-corrected chi connectivity index (χ0v) is 19.6. The average Bonchev–Trinajstić information content (AvgIpc) is 3.30. The second-order valence-electron chi connectivity index (χ2n) is 8.79. The summed E-state index contributed by atoms with van der Waals surface area (Å²) in [6, 6.07) is 6.81. The molecule has 2 aromatic rings. The van der Waals surface area contributed by atoms with Crippen molar-refractivity contribution in [1.29, 1.82) is 0 Å². The molecule has 1 atom stereocenters. The Morgan fingerprint density at radius 1 is 1.09 bits per heavy atom. The second-order valence-corrected chi connectivity index (χ2v) is 10.5. The molecule has 0 saturated heterocycles. The SMILES string of the molecule is O=C(O)COc1cccc2c1CCC[C@H]2NS(=O)(=O)c1cc(OC2CCCC2)cc(C(F)(F)F)c1. The van der Waals surface area contributed by atoms with E-state index in [1.807, 2.05) is 0 Å². The second kappa shape index (κ2) is 10.1. The van der Waals surface area contributed by atoms with E-state index in [4.69, 9.17) is 14.6 Å². The van der Waals surface area contributed by atoms with Crippen molar-refractivity contribution in [3.05, 3.63) is 53.1 Å². The van der Waals surface area contributed by atoms with Crippen molar-refractivity contribution in [3.63, 3.8) is 0 Å². The van der Waals surface area contributed by atoms with Gasteiger partial charge in [0.05, 0.1) is 16.6 Å². The maximum atomic E-state index is 13.6. The van der Waals surface area contributed by atoms with Gasteiger partial charge >= 0.3 is 12.1 Å². The van der Waals surface area contributed by atoms with Gasteiger partial charge in [-0.25, -0.2) is 17.9 Å². The smallest absolute Gasteiger partial charge is 0.416 e. The number of benzene rings is 2. The van der Waals surface area contributed by atoms with Gasteiger partial charge < -0.3 is 14.6 Å². The van der Waals surface area contributed by atoms with Gasteiger partial charge in [0.2, 0.25) is 10.0 Å². The average molecular weight is 514 g/mol. The van der Waals surface area contributed by atoms with E-state index in [-0.39, 0.29) is 11.9 Å². The number of hydrogen-bond donors (Lipinski definition) is 2. The number of fused-ring (bicyclic) bond motifs is 1. The highest BCUT2D eigenvalue weighted by molar-refractivity contribution is 7.89. The van der Waals surface area contributed by atoms with E-state index in [0.717, 1.165) is 25.0 Å². The minimum atomic E-state index is -4.74. The molecule has 7 nitrogen and oxygen atoms in total. The Kier molecular flexibility index (Phi) is 7.27. The molecule has 2 aromatic carbocycles. The van der Waals surface area contributed by atoms with Crippen LogP contribution in [0.25, 0.3) is 0 Å². The molecule has 190 valence electrons. The monoisotopic (exact) mass is 513 g/mol. The number of hydrogen-bond acceptors (Lipinski definition) is 5. The number of nitrogens with one attached hydrogen (secondary N) is 1. The predicted octanol–water partition coefficient (Wildman–Crippen LogP) is 4.85. The van der Waals surface area contributed by atoms with Crippen molar-refractivity contribution < 1.29 is 41.0 Å². The molecule has 35 heavy (non-hydrogen) atoms. The molecule has 1 saturated carbocycles. The van der Waals surface area contributed by atoms with Crippen molar-refractivity contribution in [1.82, 2.24) is 4.72 Å². The van der Waals surface area contributed by atoms with Crippen molar-refractivity contribution in [2.75, 3.05) is 6.61 Å². The van der Waals surface area contributed by atoms with Gasteiger partial charge in [-0.05, 0) is 74.3 Å². The Bertz CT molecular complexity index is 1190. The molecule has 0 unspecified atom stereocenters. The number of aliphatic carboxylic acids is 1. The number of halogens is 3. The Hall–Kier alpha value is -2.79. The van der Waals surface area contributed by atoms with E-state index in [2.05, 4.69) is 4.72 Å². The number of sulfonamides is 1. The summed E-state index contributed by atoms with van der Waals surface area (Å²) >= 11 is 0. The van der Waals surface area contributed by atoms with Crippen molar-refractivity contribution in [2.45, 2.75) is 68.2 Å². The first-order valence-electron chi connectivity index (χ1n) is 11.4. The van der Waals surface area contributed by atoms with E-state index >= 15 is 0 Å². The minimum absolute atomic E-state index is 0.125. The third-order valence-electron chi connectivity index (χ3n) is 6.24. The van der Waals surface area contributed by atoms with Gasteiger partial charge in [0.25, 0.3) is 0 Å². The third kappa shape index (κ3) is 6.07. The fraction of sp³-hybridized carbons (Fsp3) is 0.458. The van der Waals surface area contributed by atoms with Crippen LogP contribution in [0.1, 0.15) is 61.3 Å². The lowest BCUT2D eigenvalue weighted by Gasteiger charge is -2.28. The molecular weight excluding hydrogens is 487 g/mol. The topological polar surface area (TPSA) is 102 Å². The predicted molar refractivity (Wildman–Crippen MR) is 120 cm³/mol. The van der Waals surface area contributed by atoms with Crippen molar-refractivity contribution in [3.8, 4) is 11.5 Å². The normalized spacial score (nSPS) is 18.8. The van der Waals surface area contributed by atoms with E-state index < -0.39 is 45.3 Å². The molecule has 0 bridgehead atoms. The summed E-state index contributed by atoms with van der Waals surface area (Å²) in [6.07, 6.45) is -0.157. The van der Waals surface area contributed by atoms with Gasteiger partial charge in [-0.1, -0.05) is 12.1 Å². The highest BCUT2D eigenvalue weighted by Crippen LogP contribution is 2.38. The summed E-state index contributed by atoms with van der Waals surface area (Å²) in [7, 11) is -4.35.